The van der Waals surface area contributed by atoms with E-state index in [9.17, 15) is 18.8 Å². The molecule has 0 atom stereocenters. The maximum atomic E-state index is 13.1. The number of nitrogens with zero attached hydrogens (tertiary/aromatic N) is 3. The molecule has 2 N–H and O–H groups in total. The number of hydrogen-bond donors (Lipinski definition) is 1. The highest BCUT2D eigenvalue weighted by molar-refractivity contribution is 6.01. The van der Waals surface area contributed by atoms with Crippen LogP contribution in [0.3, 0.4) is 0 Å². The molecular formula is C18H21FN4O3. The van der Waals surface area contributed by atoms with Crippen LogP contribution >= 0.6 is 0 Å². The number of rotatable bonds is 6. The van der Waals surface area contributed by atoms with E-state index in [-0.39, 0.29) is 29.8 Å². The minimum absolute atomic E-state index is 0.0136. The maximum absolute atomic E-state index is 13.1. The highest BCUT2D eigenvalue weighted by Crippen LogP contribution is 2.28. The summed E-state index contributed by atoms with van der Waals surface area (Å²) < 4.78 is 15.1. The van der Waals surface area contributed by atoms with Crippen molar-refractivity contribution in [3.8, 4) is 0 Å². The van der Waals surface area contributed by atoms with Crippen LogP contribution in [0, 0.1) is 5.82 Å². The van der Waals surface area contributed by atoms with E-state index in [1.807, 2.05) is 4.90 Å². The van der Waals surface area contributed by atoms with Gasteiger partial charge < -0.3 is 5.73 Å². The van der Waals surface area contributed by atoms with Gasteiger partial charge in [-0.2, -0.15) is 0 Å². The average molecular weight is 360 g/mol. The number of anilines is 1. The van der Waals surface area contributed by atoms with Crippen LogP contribution in [0.5, 0.6) is 0 Å². The molecule has 0 aliphatic heterocycles. The standard InChI is InChI=1S/C18H21FN4O3/c1-21-16(20)15(17(25)22(2)18(21)26)14(24)10-23(13-7-8-13)9-11-3-5-12(19)6-4-11/h3-6,13H,7-10,20H2,1-2H3. The summed E-state index contributed by atoms with van der Waals surface area (Å²) in [6.45, 7) is 0.488. The van der Waals surface area contributed by atoms with E-state index in [0.29, 0.717) is 6.54 Å². The van der Waals surface area contributed by atoms with Gasteiger partial charge in [0.25, 0.3) is 5.56 Å². The lowest BCUT2D eigenvalue weighted by Gasteiger charge is -2.22. The third-order valence-electron chi connectivity index (χ3n) is 4.70. The Morgan fingerprint density at radius 3 is 2.38 bits per heavy atom. The molecule has 0 bridgehead atoms. The van der Waals surface area contributed by atoms with Crippen molar-refractivity contribution < 1.29 is 9.18 Å². The van der Waals surface area contributed by atoms with Crippen LogP contribution in [0.2, 0.25) is 0 Å². The first kappa shape index (κ1) is 18.1. The topological polar surface area (TPSA) is 90.3 Å². The van der Waals surface area contributed by atoms with Gasteiger partial charge in [0.1, 0.15) is 17.2 Å². The largest absolute Gasteiger partial charge is 0.384 e. The Morgan fingerprint density at radius 1 is 1.19 bits per heavy atom. The monoisotopic (exact) mass is 360 g/mol. The van der Waals surface area contributed by atoms with Gasteiger partial charge >= 0.3 is 5.69 Å². The van der Waals surface area contributed by atoms with Crippen molar-refractivity contribution in [3.63, 3.8) is 0 Å². The van der Waals surface area contributed by atoms with E-state index in [2.05, 4.69) is 0 Å². The molecule has 0 radical (unpaired) electrons. The van der Waals surface area contributed by atoms with Crippen LogP contribution in [-0.2, 0) is 20.6 Å². The third kappa shape index (κ3) is 3.45. The van der Waals surface area contributed by atoms with Gasteiger partial charge in [0, 0.05) is 26.7 Å². The van der Waals surface area contributed by atoms with Crippen molar-refractivity contribution in [1.82, 2.24) is 14.0 Å². The summed E-state index contributed by atoms with van der Waals surface area (Å²) in [6.07, 6.45) is 1.94. The molecule has 3 rings (SSSR count). The Balaban J connectivity index is 1.87. The summed E-state index contributed by atoms with van der Waals surface area (Å²) in [6, 6.07) is 6.36. The van der Waals surface area contributed by atoms with Crippen molar-refractivity contribution in [1.29, 1.82) is 0 Å². The van der Waals surface area contributed by atoms with E-state index in [4.69, 9.17) is 5.73 Å². The summed E-state index contributed by atoms with van der Waals surface area (Å²) in [5.74, 6) is -0.863. The van der Waals surface area contributed by atoms with Gasteiger partial charge in [-0.1, -0.05) is 12.1 Å². The summed E-state index contributed by atoms with van der Waals surface area (Å²) in [5.41, 5.74) is 5.31. The number of ketones is 1. The smallest absolute Gasteiger partial charge is 0.332 e. The fourth-order valence-corrected chi connectivity index (χ4v) is 2.96. The van der Waals surface area contributed by atoms with Crippen LogP contribution in [0.4, 0.5) is 10.2 Å². The number of carbonyl (C=O) groups excluding carboxylic acids is 1. The van der Waals surface area contributed by atoms with Crippen LogP contribution in [0.15, 0.2) is 33.9 Å². The Morgan fingerprint density at radius 2 is 1.81 bits per heavy atom. The lowest BCUT2D eigenvalue weighted by Crippen LogP contribution is -2.43. The fraction of sp³-hybridized carbons (Fsp3) is 0.389. The van der Waals surface area contributed by atoms with Gasteiger partial charge in [-0.05, 0) is 30.5 Å². The number of Topliss-reactive ketones (excluding diaryl/α,β-unsaturated/α-hetero) is 1. The zero-order chi connectivity index (χ0) is 19.0. The molecule has 1 aliphatic carbocycles. The maximum Gasteiger partial charge on any atom is 0.332 e. The molecule has 1 aromatic heterocycles. The van der Waals surface area contributed by atoms with Gasteiger partial charge in [-0.3, -0.25) is 23.6 Å². The van der Waals surface area contributed by atoms with Gasteiger partial charge in [-0.25, -0.2) is 9.18 Å². The average Bonchev–Trinajstić information content (AvgIpc) is 3.45. The zero-order valence-corrected chi connectivity index (χ0v) is 14.7. The van der Waals surface area contributed by atoms with Crippen molar-refractivity contribution >= 4 is 11.6 Å². The first-order chi connectivity index (χ1) is 12.3. The number of carbonyl (C=O) groups is 1. The molecule has 7 nitrogen and oxygen atoms in total. The summed E-state index contributed by atoms with van der Waals surface area (Å²) in [5, 5.41) is 0. The number of benzene rings is 1. The number of hydrogen-bond acceptors (Lipinski definition) is 5. The number of halogens is 1. The van der Waals surface area contributed by atoms with Crippen LogP contribution in [-0.4, -0.2) is 32.4 Å². The molecule has 138 valence electrons. The third-order valence-corrected chi connectivity index (χ3v) is 4.70. The summed E-state index contributed by atoms with van der Waals surface area (Å²) in [4.78, 5) is 39.0. The van der Waals surface area contributed by atoms with Crippen LogP contribution in [0.25, 0.3) is 0 Å². The van der Waals surface area contributed by atoms with Gasteiger partial charge in [0.15, 0.2) is 5.78 Å². The molecule has 26 heavy (non-hydrogen) atoms. The first-order valence-corrected chi connectivity index (χ1v) is 8.36. The van der Waals surface area contributed by atoms with Crippen molar-refractivity contribution in [2.24, 2.45) is 14.1 Å². The van der Waals surface area contributed by atoms with Crippen LogP contribution < -0.4 is 17.0 Å². The SMILES string of the molecule is Cn1c(N)c(C(=O)CN(Cc2ccc(F)cc2)C2CC2)c(=O)n(C)c1=O. The summed E-state index contributed by atoms with van der Waals surface area (Å²) in [7, 11) is 2.74. The molecule has 8 heteroatoms. The second-order valence-corrected chi connectivity index (χ2v) is 6.65. The summed E-state index contributed by atoms with van der Waals surface area (Å²) >= 11 is 0. The number of nitrogens with two attached hydrogens (primary N) is 1. The molecule has 1 aliphatic rings. The highest BCUT2D eigenvalue weighted by Gasteiger charge is 2.32. The zero-order valence-electron chi connectivity index (χ0n) is 14.7. The Hall–Kier alpha value is -2.74. The number of aromatic nitrogens is 2. The molecule has 1 aromatic carbocycles. The lowest BCUT2D eigenvalue weighted by molar-refractivity contribution is 0.0917. The molecule has 0 unspecified atom stereocenters. The second-order valence-electron chi connectivity index (χ2n) is 6.65. The van der Waals surface area contributed by atoms with E-state index in [0.717, 1.165) is 27.5 Å². The minimum Gasteiger partial charge on any atom is -0.384 e. The molecule has 1 fully saturated rings. The molecular weight excluding hydrogens is 339 g/mol. The minimum atomic E-state index is -0.687. The normalized spacial score (nSPS) is 14.0. The van der Waals surface area contributed by atoms with Gasteiger partial charge in [0.05, 0.1) is 6.54 Å². The molecule has 0 amide bonds. The molecule has 0 spiro atoms. The predicted octanol–water partition coefficient (Wildman–Crippen LogP) is 0.653. The van der Waals surface area contributed by atoms with E-state index in [1.165, 1.54) is 26.2 Å². The van der Waals surface area contributed by atoms with E-state index in [1.54, 1.807) is 12.1 Å². The number of nitrogen functional groups attached to an aromatic ring is 1. The first-order valence-electron chi connectivity index (χ1n) is 8.36. The highest BCUT2D eigenvalue weighted by atomic mass is 19.1. The van der Waals surface area contributed by atoms with Crippen LogP contribution in [0.1, 0.15) is 28.8 Å². The molecule has 1 saturated carbocycles. The van der Waals surface area contributed by atoms with E-state index < -0.39 is 17.0 Å². The van der Waals surface area contributed by atoms with Crippen molar-refractivity contribution in [3.05, 3.63) is 62.0 Å². The Kier molecular flexibility index (Phi) is 4.78. The Labute approximate surface area is 149 Å². The lowest BCUT2D eigenvalue weighted by atomic mass is 10.1. The van der Waals surface area contributed by atoms with Crippen molar-refractivity contribution in [2.45, 2.75) is 25.4 Å². The molecule has 2 aromatic rings. The Bertz CT molecular complexity index is 958. The quantitative estimate of drug-likeness (QED) is 0.764. The molecule has 0 saturated heterocycles. The van der Waals surface area contributed by atoms with Gasteiger partial charge in [0.2, 0.25) is 0 Å². The fourth-order valence-electron chi connectivity index (χ4n) is 2.96. The molecule has 1 heterocycles. The van der Waals surface area contributed by atoms with E-state index >= 15 is 0 Å². The van der Waals surface area contributed by atoms with Crippen molar-refractivity contribution in [2.75, 3.05) is 12.3 Å². The second kappa shape index (κ2) is 6.87. The predicted molar refractivity (Wildman–Crippen MR) is 95.5 cm³/mol. The van der Waals surface area contributed by atoms with Gasteiger partial charge in [-0.15, -0.1) is 0 Å².